The van der Waals surface area contributed by atoms with Gasteiger partial charge in [-0.1, -0.05) is 45.8 Å². The maximum absolute atomic E-state index is 14.8. The van der Waals surface area contributed by atoms with Crippen LogP contribution in [0.15, 0.2) is 25.3 Å². The van der Waals surface area contributed by atoms with Crippen molar-refractivity contribution in [2.24, 2.45) is 17.3 Å². The molecule has 3 fully saturated rings. The fourth-order valence-corrected chi connectivity index (χ4v) is 7.89. The van der Waals surface area contributed by atoms with Gasteiger partial charge in [-0.15, -0.1) is 13.2 Å². The van der Waals surface area contributed by atoms with Crippen LogP contribution in [0.25, 0.3) is 0 Å². The van der Waals surface area contributed by atoms with E-state index < -0.39 is 47.2 Å². The van der Waals surface area contributed by atoms with Crippen LogP contribution in [0, 0.1) is 17.3 Å². The first-order chi connectivity index (χ1) is 21.1. The largest absolute Gasteiger partial charge is 0.460 e. The lowest BCUT2D eigenvalue weighted by Gasteiger charge is -2.45. The van der Waals surface area contributed by atoms with Crippen LogP contribution in [0.3, 0.4) is 0 Å². The number of likely N-dealkylation sites (tertiary alicyclic amines) is 1. The molecule has 0 aromatic carbocycles. The topological polar surface area (TPSA) is 125 Å². The summed E-state index contributed by atoms with van der Waals surface area (Å²) in [4.78, 5) is 58.3. The smallest absolute Gasteiger partial charge is 0.312 e. The number of carbonyl (C=O) groups is 4. The van der Waals surface area contributed by atoms with Crippen molar-refractivity contribution in [3.05, 3.63) is 25.3 Å². The Kier molecular flexibility index (Phi) is 12.4. The van der Waals surface area contributed by atoms with E-state index in [0.29, 0.717) is 51.6 Å². The van der Waals surface area contributed by atoms with Crippen LogP contribution in [-0.2, 0) is 28.7 Å². The van der Waals surface area contributed by atoms with Crippen molar-refractivity contribution >= 4 is 23.7 Å². The number of rotatable bonds is 18. The normalized spacial score (nSPS) is 26.4. The third-order valence-corrected chi connectivity index (χ3v) is 9.36. The first kappa shape index (κ1) is 36.7. The molecule has 0 saturated carbocycles. The Hall–Kier alpha value is -2.72. The first-order valence-electron chi connectivity index (χ1n) is 16.7. The van der Waals surface area contributed by atoms with Gasteiger partial charge >= 0.3 is 5.97 Å². The number of fused-ring (bicyclic) bond motifs is 1. The number of nitrogens with one attached hydrogen (secondary N) is 1. The third kappa shape index (κ3) is 8.36. The van der Waals surface area contributed by atoms with Gasteiger partial charge in [0.1, 0.15) is 17.7 Å². The van der Waals surface area contributed by atoms with Crippen molar-refractivity contribution in [2.45, 2.75) is 129 Å². The van der Waals surface area contributed by atoms with E-state index in [9.17, 15) is 24.3 Å². The monoisotopic (exact) mass is 631 g/mol. The summed E-state index contributed by atoms with van der Waals surface area (Å²) in [6.45, 7) is 20.8. The summed E-state index contributed by atoms with van der Waals surface area (Å²) < 4.78 is 12.4. The lowest BCUT2D eigenvalue weighted by molar-refractivity contribution is -0.159. The number of hydrogen-bond donors (Lipinski definition) is 2. The molecular weight excluding hydrogens is 574 g/mol. The minimum Gasteiger partial charge on any atom is -0.460 e. The van der Waals surface area contributed by atoms with Crippen molar-refractivity contribution in [1.29, 1.82) is 0 Å². The van der Waals surface area contributed by atoms with E-state index in [-0.39, 0.29) is 36.3 Å². The number of nitrogens with zero attached hydrogens (tertiary/aromatic N) is 2. The Labute approximate surface area is 269 Å². The molecule has 10 nitrogen and oxygen atoms in total. The van der Waals surface area contributed by atoms with Gasteiger partial charge in [0.25, 0.3) is 0 Å². The van der Waals surface area contributed by atoms with Crippen LogP contribution >= 0.6 is 0 Å². The molecule has 0 aliphatic carbocycles. The Bertz CT molecular complexity index is 1100. The van der Waals surface area contributed by atoms with Crippen molar-refractivity contribution in [3.63, 3.8) is 0 Å². The maximum atomic E-state index is 14.8. The second kappa shape index (κ2) is 15.2. The average Bonchev–Trinajstić information content (AvgIpc) is 3.59. The molecule has 2 N–H and O–H groups in total. The van der Waals surface area contributed by atoms with Crippen LogP contribution in [0.5, 0.6) is 0 Å². The molecule has 1 spiro atoms. The molecule has 0 unspecified atom stereocenters. The Morgan fingerprint density at radius 1 is 1.16 bits per heavy atom. The van der Waals surface area contributed by atoms with Gasteiger partial charge in [0, 0.05) is 31.7 Å². The number of allylic oxidation sites excluding steroid dienone is 1. The summed E-state index contributed by atoms with van der Waals surface area (Å²) in [5, 5.41) is 12.0. The number of hydrogen-bond acceptors (Lipinski definition) is 7. The van der Waals surface area contributed by atoms with Gasteiger partial charge in [-0.05, 0) is 64.7 Å². The predicted molar refractivity (Wildman–Crippen MR) is 173 cm³/mol. The lowest BCUT2D eigenvalue weighted by Crippen LogP contribution is -2.61. The SMILES string of the molecule is C=CCCC(=O)NC[C@H](C)OC(=O)[C@@H]1[C@@H]2CC[C@]3(O2)[C@H](C(=O)N(CC=C)C(C)(C)CC(C)(C)C)N(CCCCCCO)C(=O)[C@@H]13. The molecule has 3 amide bonds. The molecule has 3 saturated heterocycles. The van der Waals surface area contributed by atoms with Gasteiger partial charge in [0.15, 0.2) is 0 Å². The molecular formula is C35H57N3O7. The number of unbranched alkanes of at least 4 members (excludes halogenated alkanes) is 3. The van der Waals surface area contributed by atoms with Crippen molar-refractivity contribution in [3.8, 4) is 0 Å². The second-order valence-corrected chi connectivity index (χ2v) is 14.9. The zero-order valence-corrected chi connectivity index (χ0v) is 28.4. The van der Waals surface area contributed by atoms with E-state index in [1.54, 1.807) is 24.0 Å². The van der Waals surface area contributed by atoms with E-state index in [1.165, 1.54) is 0 Å². The zero-order valence-electron chi connectivity index (χ0n) is 28.4. The molecule has 2 bridgehead atoms. The minimum absolute atomic E-state index is 0.0547. The van der Waals surface area contributed by atoms with E-state index in [0.717, 1.165) is 19.3 Å². The van der Waals surface area contributed by atoms with Crippen LogP contribution < -0.4 is 5.32 Å². The standard InChI is InChI=1S/C35H57N3O7/c1-9-11-16-26(40)36-22-24(3)44-32(43)27-25-17-18-35(45-25)28(27)30(41)37(20-14-12-13-15-21-39)29(35)31(42)38(19-10-2)34(7,8)23-33(4,5)6/h9-10,24-25,27-29,39H,1-2,11-23H2,3-8H3,(H,36,40)/t24-,25-,27+,28+,29-,35+/m0/s1. The molecule has 3 rings (SSSR count). The van der Waals surface area contributed by atoms with E-state index in [2.05, 4.69) is 53.1 Å². The summed E-state index contributed by atoms with van der Waals surface area (Å²) in [6, 6.07) is -0.864. The quantitative estimate of drug-likeness (QED) is 0.132. The van der Waals surface area contributed by atoms with Crippen LogP contribution in [0.2, 0.25) is 0 Å². The van der Waals surface area contributed by atoms with Gasteiger partial charge in [0.05, 0.1) is 24.5 Å². The molecule has 6 atom stereocenters. The highest BCUT2D eigenvalue weighted by Gasteiger charge is 2.75. The molecule has 254 valence electrons. The second-order valence-electron chi connectivity index (χ2n) is 14.9. The number of aliphatic hydroxyl groups excluding tert-OH is 1. The summed E-state index contributed by atoms with van der Waals surface area (Å²) in [6.07, 6.45) is 7.92. The number of aliphatic hydroxyl groups is 1. The van der Waals surface area contributed by atoms with Crippen LogP contribution in [0.1, 0.15) is 99.3 Å². The predicted octanol–water partition coefficient (Wildman–Crippen LogP) is 4.16. The summed E-state index contributed by atoms with van der Waals surface area (Å²) >= 11 is 0. The molecule has 10 heteroatoms. The van der Waals surface area contributed by atoms with Crippen LogP contribution in [0.4, 0.5) is 0 Å². The highest BCUT2D eigenvalue weighted by Crippen LogP contribution is 2.59. The van der Waals surface area contributed by atoms with Gasteiger partial charge < -0.3 is 29.7 Å². The highest BCUT2D eigenvalue weighted by molar-refractivity contribution is 5.98. The summed E-state index contributed by atoms with van der Waals surface area (Å²) in [5.41, 5.74) is -1.71. The third-order valence-electron chi connectivity index (χ3n) is 9.36. The van der Waals surface area contributed by atoms with Crippen molar-refractivity contribution in [2.75, 3.05) is 26.2 Å². The molecule has 0 aromatic heterocycles. The summed E-state index contributed by atoms with van der Waals surface area (Å²) in [5.74, 6) is -2.74. The van der Waals surface area contributed by atoms with Crippen LogP contribution in [-0.4, -0.2) is 94.2 Å². The molecule has 3 aliphatic rings. The van der Waals surface area contributed by atoms with Crippen molar-refractivity contribution in [1.82, 2.24) is 15.1 Å². The molecule has 0 aromatic rings. The Balaban J connectivity index is 1.90. The first-order valence-corrected chi connectivity index (χ1v) is 16.7. The van der Waals surface area contributed by atoms with Gasteiger partial charge in [-0.3, -0.25) is 19.2 Å². The zero-order chi connectivity index (χ0) is 33.6. The van der Waals surface area contributed by atoms with E-state index in [1.807, 2.05) is 4.90 Å². The molecule has 3 aliphatic heterocycles. The van der Waals surface area contributed by atoms with E-state index in [4.69, 9.17) is 9.47 Å². The van der Waals surface area contributed by atoms with E-state index >= 15 is 0 Å². The van der Waals surface area contributed by atoms with Gasteiger partial charge in [-0.25, -0.2) is 0 Å². The Morgan fingerprint density at radius 3 is 2.47 bits per heavy atom. The minimum atomic E-state index is -1.12. The molecule has 3 heterocycles. The van der Waals surface area contributed by atoms with Gasteiger partial charge in [0.2, 0.25) is 17.7 Å². The maximum Gasteiger partial charge on any atom is 0.312 e. The van der Waals surface area contributed by atoms with Crippen molar-refractivity contribution < 1.29 is 33.8 Å². The molecule has 45 heavy (non-hydrogen) atoms. The average molecular weight is 632 g/mol. The fraction of sp³-hybridized carbons (Fsp3) is 0.771. The Morgan fingerprint density at radius 2 is 1.84 bits per heavy atom. The lowest BCUT2D eigenvalue weighted by atomic mass is 9.70. The fourth-order valence-electron chi connectivity index (χ4n) is 7.89. The number of ether oxygens (including phenoxy) is 2. The number of amides is 3. The number of carbonyl (C=O) groups excluding carboxylic acids is 4. The summed E-state index contributed by atoms with van der Waals surface area (Å²) in [7, 11) is 0. The molecule has 0 radical (unpaired) electrons. The van der Waals surface area contributed by atoms with Gasteiger partial charge in [-0.2, -0.15) is 0 Å². The number of esters is 1. The highest BCUT2D eigenvalue weighted by atomic mass is 16.6.